The molecule has 2 aromatic carbocycles. The highest BCUT2D eigenvalue weighted by molar-refractivity contribution is 7.89. The molecule has 0 unspecified atom stereocenters. The second-order valence-corrected chi connectivity index (χ2v) is 8.35. The predicted octanol–water partition coefficient (Wildman–Crippen LogP) is 3.34. The summed E-state index contributed by atoms with van der Waals surface area (Å²) in [7, 11) is -0.186. The van der Waals surface area contributed by atoms with Gasteiger partial charge < -0.3 is 4.57 Å². The van der Waals surface area contributed by atoms with Crippen molar-refractivity contribution >= 4 is 10.0 Å². The van der Waals surface area contributed by atoms with Crippen LogP contribution in [0.1, 0.15) is 24.0 Å². The second kappa shape index (κ2) is 7.43. The minimum atomic E-state index is -3.50. The molecule has 0 bridgehead atoms. The first-order chi connectivity index (χ1) is 12.4. The van der Waals surface area contributed by atoms with Crippen molar-refractivity contribution in [3.8, 4) is 11.3 Å². The van der Waals surface area contributed by atoms with Crippen molar-refractivity contribution in [2.45, 2.75) is 24.2 Å². The van der Waals surface area contributed by atoms with Crippen LogP contribution in [0.15, 0.2) is 66.0 Å². The number of hydrogen-bond acceptors (Lipinski definition) is 3. The molecule has 6 heteroatoms. The van der Waals surface area contributed by atoms with Crippen LogP contribution in [-0.4, -0.2) is 25.0 Å². The number of imidazole rings is 1. The van der Waals surface area contributed by atoms with Gasteiger partial charge in [0.1, 0.15) is 0 Å². The third kappa shape index (κ3) is 3.86. The molecule has 1 aromatic heterocycles. The summed E-state index contributed by atoms with van der Waals surface area (Å²) >= 11 is 0. The third-order valence-electron chi connectivity index (χ3n) is 4.54. The SMILES string of the molecule is CNS(=O)(=O)c1ccc(C[C@@H](C)c2ccccc2)c(-c2cn(C)cn2)c1. The summed E-state index contributed by atoms with van der Waals surface area (Å²) in [6.07, 6.45) is 4.43. The minimum Gasteiger partial charge on any atom is -0.340 e. The van der Waals surface area contributed by atoms with Crippen molar-refractivity contribution in [1.82, 2.24) is 14.3 Å². The average Bonchev–Trinajstić information content (AvgIpc) is 3.08. The largest absolute Gasteiger partial charge is 0.340 e. The topological polar surface area (TPSA) is 64.0 Å². The van der Waals surface area contributed by atoms with Crippen LogP contribution in [0, 0.1) is 0 Å². The monoisotopic (exact) mass is 369 g/mol. The average molecular weight is 369 g/mol. The third-order valence-corrected chi connectivity index (χ3v) is 5.95. The molecular formula is C20H23N3O2S. The van der Waals surface area contributed by atoms with Crippen molar-refractivity contribution in [3.63, 3.8) is 0 Å². The number of benzene rings is 2. The van der Waals surface area contributed by atoms with Crippen molar-refractivity contribution in [2.24, 2.45) is 7.05 Å². The van der Waals surface area contributed by atoms with Gasteiger partial charge in [0.2, 0.25) is 10.0 Å². The van der Waals surface area contributed by atoms with Gasteiger partial charge in [-0.25, -0.2) is 18.1 Å². The molecule has 3 aromatic rings. The highest BCUT2D eigenvalue weighted by Gasteiger charge is 2.18. The normalized spacial score (nSPS) is 12.9. The summed E-state index contributed by atoms with van der Waals surface area (Å²) in [5, 5.41) is 0. The van der Waals surface area contributed by atoms with Crippen LogP contribution >= 0.6 is 0 Å². The molecule has 1 heterocycles. The van der Waals surface area contributed by atoms with Crippen molar-refractivity contribution in [2.75, 3.05) is 7.05 Å². The predicted molar refractivity (Wildman–Crippen MR) is 103 cm³/mol. The lowest BCUT2D eigenvalue weighted by atomic mass is 9.91. The van der Waals surface area contributed by atoms with Gasteiger partial charge in [-0.3, -0.25) is 0 Å². The number of hydrogen-bond donors (Lipinski definition) is 1. The van der Waals surface area contributed by atoms with Crippen LogP contribution in [0.5, 0.6) is 0 Å². The van der Waals surface area contributed by atoms with E-state index in [-0.39, 0.29) is 4.90 Å². The summed E-state index contributed by atoms with van der Waals surface area (Å²) in [5.41, 5.74) is 3.96. The highest BCUT2D eigenvalue weighted by atomic mass is 32.2. The van der Waals surface area contributed by atoms with E-state index in [0.29, 0.717) is 5.92 Å². The van der Waals surface area contributed by atoms with E-state index in [2.05, 4.69) is 28.8 Å². The Morgan fingerprint density at radius 2 is 1.88 bits per heavy atom. The van der Waals surface area contributed by atoms with Gasteiger partial charge in [-0.2, -0.15) is 0 Å². The summed E-state index contributed by atoms with van der Waals surface area (Å²) in [6, 6.07) is 15.6. The van der Waals surface area contributed by atoms with Crippen LogP contribution in [0.2, 0.25) is 0 Å². The zero-order chi connectivity index (χ0) is 18.7. The Labute approximate surface area is 154 Å². The van der Waals surface area contributed by atoms with Crippen LogP contribution in [0.25, 0.3) is 11.3 Å². The second-order valence-electron chi connectivity index (χ2n) is 6.47. The van der Waals surface area contributed by atoms with Gasteiger partial charge in [0.05, 0.1) is 16.9 Å². The molecular weight excluding hydrogens is 346 g/mol. The van der Waals surface area contributed by atoms with Crippen molar-refractivity contribution in [3.05, 3.63) is 72.2 Å². The van der Waals surface area contributed by atoms with Crippen LogP contribution in [-0.2, 0) is 23.5 Å². The maximum absolute atomic E-state index is 12.2. The van der Waals surface area contributed by atoms with Gasteiger partial charge >= 0.3 is 0 Å². The van der Waals surface area contributed by atoms with Gasteiger partial charge in [0, 0.05) is 18.8 Å². The van der Waals surface area contributed by atoms with E-state index in [9.17, 15) is 8.42 Å². The maximum atomic E-state index is 12.2. The van der Waals surface area contributed by atoms with Gasteiger partial charge in [0.15, 0.2) is 0 Å². The molecule has 0 aliphatic heterocycles. The van der Waals surface area contributed by atoms with Crippen LogP contribution in [0.4, 0.5) is 0 Å². The quantitative estimate of drug-likeness (QED) is 0.725. The first-order valence-corrected chi connectivity index (χ1v) is 9.99. The molecule has 0 aliphatic carbocycles. The Hall–Kier alpha value is -2.44. The number of aromatic nitrogens is 2. The summed E-state index contributed by atoms with van der Waals surface area (Å²) in [5.74, 6) is 0.311. The van der Waals surface area contributed by atoms with E-state index in [4.69, 9.17) is 0 Å². The fourth-order valence-electron chi connectivity index (χ4n) is 3.04. The molecule has 0 aliphatic rings. The highest BCUT2D eigenvalue weighted by Crippen LogP contribution is 2.30. The molecule has 0 saturated heterocycles. The summed E-state index contributed by atoms with van der Waals surface area (Å²) in [4.78, 5) is 4.67. The number of aryl methyl sites for hydroxylation is 1. The van der Waals surface area contributed by atoms with E-state index in [1.807, 2.05) is 42.1 Å². The van der Waals surface area contributed by atoms with Crippen molar-refractivity contribution < 1.29 is 8.42 Å². The Balaban J connectivity index is 2.04. The van der Waals surface area contributed by atoms with Crippen molar-refractivity contribution in [1.29, 1.82) is 0 Å². The number of nitrogens with one attached hydrogen (secondary N) is 1. The number of nitrogens with zero attached hydrogens (tertiary/aromatic N) is 2. The smallest absolute Gasteiger partial charge is 0.240 e. The van der Waals surface area contributed by atoms with E-state index in [0.717, 1.165) is 23.2 Å². The molecule has 5 nitrogen and oxygen atoms in total. The minimum absolute atomic E-state index is 0.247. The summed E-state index contributed by atoms with van der Waals surface area (Å²) in [6.45, 7) is 2.18. The fourth-order valence-corrected chi connectivity index (χ4v) is 3.79. The molecule has 0 radical (unpaired) electrons. The zero-order valence-electron chi connectivity index (χ0n) is 15.2. The molecule has 26 heavy (non-hydrogen) atoms. The lowest BCUT2D eigenvalue weighted by Gasteiger charge is -2.16. The molecule has 3 rings (SSSR count). The molecule has 136 valence electrons. The zero-order valence-corrected chi connectivity index (χ0v) is 16.0. The van der Waals surface area contributed by atoms with E-state index < -0.39 is 10.0 Å². The number of rotatable bonds is 6. The Morgan fingerprint density at radius 3 is 2.50 bits per heavy atom. The standard InChI is InChI=1S/C20H23N3O2S/c1-15(16-7-5-4-6-8-16)11-17-9-10-18(26(24,25)21-2)12-19(17)20-13-23(3)14-22-20/h4-10,12-15,21H,11H2,1-3H3/t15-/m1/s1. The summed E-state index contributed by atoms with van der Waals surface area (Å²) < 4.78 is 28.7. The number of sulfonamides is 1. The fraction of sp³-hybridized carbons (Fsp3) is 0.250. The van der Waals surface area contributed by atoms with Crippen LogP contribution < -0.4 is 4.72 Å². The molecule has 0 spiro atoms. The lowest BCUT2D eigenvalue weighted by Crippen LogP contribution is -2.18. The molecule has 1 N–H and O–H groups in total. The Bertz CT molecular complexity index is 995. The first-order valence-electron chi connectivity index (χ1n) is 8.50. The van der Waals surface area contributed by atoms with E-state index in [1.54, 1.807) is 18.5 Å². The Kier molecular flexibility index (Phi) is 5.25. The molecule has 0 fully saturated rings. The molecule has 0 saturated carbocycles. The molecule has 0 amide bonds. The van der Waals surface area contributed by atoms with Gasteiger partial charge in [-0.1, -0.05) is 43.3 Å². The van der Waals surface area contributed by atoms with E-state index in [1.165, 1.54) is 12.6 Å². The lowest BCUT2D eigenvalue weighted by molar-refractivity contribution is 0.588. The Morgan fingerprint density at radius 1 is 1.15 bits per heavy atom. The van der Waals surface area contributed by atoms with Gasteiger partial charge in [-0.05, 0) is 42.6 Å². The first kappa shape index (κ1) is 18.4. The maximum Gasteiger partial charge on any atom is 0.240 e. The van der Waals surface area contributed by atoms with Crippen LogP contribution in [0.3, 0.4) is 0 Å². The van der Waals surface area contributed by atoms with E-state index >= 15 is 0 Å². The van der Waals surface area contributed by atoms with Gasteiger partial charge in [-0.15, -0.1) is 0 Å². The molecule has 1 atom stereocenters. The van der Waals surface area contributed by atoms with Gasteiger partial charge in [0.25, 0.3) is 0 Å².